The van der Waals surface area contributed by atoms with Crippen molar-refractivity contribution in [2.75, 3.05) is 13.2 Å². The number of rotatable bonds is 15. The summed E-state index contributed by atoms with van der Waals surface area (Å²) in [6.07, 6.45) is 14.0. The summed E-state index contributed by atoms with van der Waals surface area (Å²) in [7, 11) is 0. The van der Waals surface area contributed by atoms with Crippen LogP contribution in [0.25, 0.3) is 0 Å². The van der Waals surface area contributed by atoms with Crippen molar-refractivity contribution in [3.63, 3.8) is 0 Å². The van der Waals surface area contributed by atoms with Crippen molar-refractivity contribution >= 4 is 12.4 Å². The van der Waals surface area contributed by atoms with Crippen molar-refractivity contribution < 1.29 is 9.84 Å². The van der Waals surface area contributed by atoms with Crippen LogP contribution in [0.5, 0.6) is 5.75 Å². The van der Waals surface area contributed by atoms with E-state index in [0.717, 1.165) is 24.3 Å². The number of hydrogen-bond acceptors (Lipinski definition) is 3. The van der Waals surface area contributed by atoms with Gasteiger partial charge >= 0.3 is 0 Å². The topological polar surface area (TPSA) is 55.5 Å². The number of benzene rings is 1. The third-order valence-corrected chi connectivity index (χ3v) is 4.51. The lowest BCUT2D eigenvalue weighted by molar-refractivity contribution is 0.276. The van der Waals surface area contributed by atoms with Gasteiger partial charge in [-0.05, 0) is 30.5 Å². The zero-order valence-corrected chi connectivity index (χ0v) is 16.7. The van der Waals surface area contributed by atoms with Crippen molar-refractivity contribution in [1.82, 2.24) is 0 Å². The number of ether oxygens (including phenoxy) is 1. The molecular formula is C21H38ClNO2. The van der Waals surface area contributed by atoms with Crippen molar-refractivity contribution in [2.24, 2.45) is 5.73 Å². The molecule has 146 valence electrons. The molecule has 1 rings (SSSR count). The van der Waals surface area contributed by atoms with Gasteiger partial charge < -0.3 is 15.6 Å². The molecule has 0 bridgehead atoms. The molecule has 0 amide bonds. The molecule has 0 heterocycles. The molecule has 0 aromatic heterocycles. The van der Waals surface area contributed by atoms with Gasteiger partial charge in [-0.15, -0.1) is 12.4 Å². The summed E-state index contributed by atoms with van der Waals surface area (Å²) < 4.78 is 5.78. The van der Waals surface area contributed by atoms with Crippen LogP contribution < -0.4 is 10.5 Å². The third kappa shape index (κ3) is 12.3. The van der Waals surface area contributed by atoms with Crippen LogP contribution in [0, 0.1) is 0 Å². The number of halogens is 1. The van der Waals surface area contributed by atoms with Gasteiger partial charge in [-0.2, -0.15) is 0 Å². The highest BCUT2D eigenvalue weighted by atomic mass is 35.5. The SMILES string of the molecule is CCCCCCCCCCCCOc1ccc(C(N)CCO)cc1.Cl. The minimum atomic E-state index is -0.0916. The number of aliphatic hydroxyl groups is 1. The molecule has 1 atom stereocenters. The van der Waals surface area contributed by atoms with Crippen LogP contribution in [-0.2, 0) is 0 Å². The maximum absolute atomic E-state index is 8.92. The molecule has 1 aromatic rings. The number of unbranched alkanes of at least 4 members (excludes halogenated alkanes) is 9. The quantitative estimate of drug-likeness (QED) is 0.383. The van der Waals surface area contributed by atoms with E-state index in [-0.39, 0.29) is 25.1 Å². The van der Waals surface area contributed by atoms with Crippen molar-refractivity contribution in [1.29, 1.82) is 0 Å². The van der Waals surface area contributed by atoms with E-state index >= 15 is 0 Å². The van der Waals surface area contributed by atoms with Crippen LogP contribution in [0.1, 0.15) is 89.2 Å². The molecule has 0 aliphatic heterocycles. The Hall–Kier alpha value is -0.770. The van der Waals surface area contributed by atoms with Crippen LogP contribution in [0.15, 0.2) is 24.3 Å². The zero-order chi connectivity index (χ0) is 17.5. The Labute approximate surface area is 160 Å². The molecule has 0 aliphatic rings. The summed E-state index contributed by atoms with van der Waals surface area (Å²) in [5.74, 6) is 0.908. The van der Waals surface area contributed by atoms with Gasteiger partial charge in [0, 0.05) is 12.6 Å². The molecule has 0 radical (unpaired) electrons. The molecule has 0 aliphatic carbocycles. The lowest BCUT2D eigenvalue weighted by atomic mass is 10.1. The van der Waals surface area contributed by atoms with Crippen LogP contribution in [0.2, 0.25) is 0 Å². The van der Waals surface area contributed by atoms with Crippen LogP contribution in [0.4, 0.5) is 0 Å². The average molecular weight is 372 g/mol. The number of aliphatic hydroxyl groups excluding tert-OH is 1. The first-order chi connectivity index (χ1) is 11.8. The van der Waals surface area contributed by atoms with Gasteiger partial charge in [0.1, 0.15) is 5.75 Å². The van der Waals surface area contributed by atoms with Crippen LogP contribution in [-0.4, -0.2) is 18.3 Å². The molecule has 4 heteroatoms. The first-order valence-electron chi connectivity index (χ1n) is 9.87. The summed E-state index contributed by atoms with van der Waals surface area (Å²) in [6.45, 7) is 3.18. The fourth-order valence-electron chi connectivity index (χ4n) is 2.90. The molecule has 3 nitrogen and oxygen atoms in total. The fraction of sp³-hybridized carbons (Fsp3) is 0.714. The average Bonchev–Trinajstić information content (AvgIpc) is 2.60. The highest BCUT2D eigenvalue weighted by Crippen LogP contribution is 2.18. The standard InChI is InChI=1S/C21H37NO2.ClH/c1-2-3-4-5-6-7-8-9-10-11-18-24-20-14-12-19(13-15-20)21(22)16-17-23;/h12-15,21,23H,2-11,16-18,22H2,1H3;1H. The second-order valence-corrected chi connectivity index (χ2v) is 6.72. The van der Waals surface area contributed by atoms with E-state index in [9.17, 15) is 0 Å². The largest absolute Gasteiger partial charge is 0.494 e. The van der Waals surface area contributed by atoms with Gasteiger partial charge in [0.2, 0.25) is 0 Å². The van der Waals surface area contributed by atoms with E-state index in [1.165, 1.54) is 57.8 Å². The number of hydrogen-bond donors (Lipinski definition) is 2. The van der Waals surface area contributed by atoms with Crippen molar-refractivity contribution in [3.8, 4) is 5.75 Å². The molecule has 0 saturated carbocycles. The van der Waals surface area contributed by atoms with E-state index in [0.29, 0.717) is 6.42 Å². The van der Waals surface area contributed by atoms with Gasteiger partial charge in [-0.25, -0.2) is 0 Å². The Morgan fingerprint density at radius 1 is 0.880 bits per heavy atom. The molecule has 3 N–H and O–H groups in total. The lowest BCUT2D eigenvalue weighted by Crippen LogP contribution is -2.11. The summed E-state index contributed by atoms with van der Waals surface area (Å²) in [6, 6.07) is 7.85. The molecule has 0 spiro atoms. The highest BCUT2D eigenvalue weighted by molar-refractivity contribution is 5.85. The first-order valence-corrected chi connectivity index (χ1v) is 9.87. The Bertz CT molecular complexity index is 397. The van der Waals surface area contributed by atoms with Crippen molar-refractivity contribution in [2.45, 2.75) is 83.6 Å². The van der Waals surface area contributed by atoms with Gasteiger partial charge in [-0.3, -0.25) is 0 Å². The van der Waals surface area contributed by atoms with Gasteiger partial charge in [0.15, 0.2) is 0 Å². The highest BCUT2D eigenvalue weighted by Gasteiger charge is 2.05. The summed E-state index contributed by atoms with van der Waals surface area (Å²) in [5, 5.41) is 8.92. The maximum atomic E-state index is 8.92. The summed E-state index contributed by atoms with van der Waals surface area (Å²) in [5.41, 5.74) is 7.02. The normalized spacial score (nSPS) is 11.8. The van der Waals surface area contributed by atoms with Crippen LogP contribution in [0.3, 0.4) is 0 Å². The van der Waals surface area contributed by atoms with Crippen LogP contribution >= 0.6 is 12.4 Å². The monoisotopic (exact) mass is 371 g/mol. The van der Waals surface area contributed by atoms with E-state index < -0.39 is 0 Å². The van der Waals surface area contributed by atoms with E-state index in [4.69, 9.17) is 15.6 Å². The third-order valence-electron chi connectivity index (χ3n) is 4.51. The van der Waals surface area contributed by atoms with Crippen molar-refractivity contribution in [3.05, 3.63) is 29.8 Å². The second-order valence-electron chi connectivity index (χ2n) is 6.72. The minimum Gasteiger partial charge on any atom is -0.494 e. The van der Waals surface area contributed by atoms with E-state index in [1.807, 2.05) is 24.3 Å². The van der Waals surface area contributed by atoms with E-state index in [1.54, 1.807) is 0 Å². The number of nitrogens with two attached hydrogens (primary N) is 1. The minimum absolute atomic E-state index is 0. The van der Waals surface area contributed by atoms with Gasteiger partial charge in [0.25, 0.3) is 0 Å². The molecule has 0 fully saturated rings. The Morgan fingerprint density at radius 2 is 1.40 bits per heavy atom. The first kappa shape index (κ1) is 24.2. The van der Waals surface area contributed by atoms with E-state index in [2.05, 4.69) is 6.92 Å². The second kappa shape index (κ2) is 16.7. The smallest absolute Gasteiger partial charge is 0.119 e. The Balaban J connectivity index is 0.00000576. The Morgan fingerprint density at radius 3 is 1.92 bits per heavy atom. The maximum Gasteiger partial charge on any atom is 0.119 e. The predicted molar refractivity (Wildman–Crippen MR) is 110 cm³/mol. The molecule has 25 heavy (non-hydrogen) atoms. The molecular weight excluding hydrogens is 334 g/mol. The van der Waals surface area contributed by atoms with Gasteiger partial charge in [0.05, 0.1) is 6.61 Å². The Kier molecular flexibility index (Phi) is 16.2. The predicted octanol–water partition coefficient (Wildman–Crippen LogP) is 5.79. The summed E-state index contributed by atoms with van der Waals surface area (Å²) >= 11 is 0. The van der Waals surface area contributed by atoms with Gasteiger partial charge in [-0.1, -0.05) is 76.8 Å². The molecule has 0 saturated heterocycles. The summed E-state index contributed by atoms with van der Waals surface area (Å²) in [4.78, 5) is 0. The molecule has 1 unspecified atom stereocenters. The lowest BCUT2D eigenvalue weighted by Gasteiger charge is -2.11. The zero-order valence-electron chi connectivity index (χ0n) is 15.9. The molecule has 1 aromatic carbocycles. The fourth-order valence-corrected chi connectivity index (χ4v) is 2.90.